The predicted molar refractivity (Wildman–Crippen MR) is 58.7 cm³/mol. The van der Waals surface area contributed by atoms with Crippen molar-refractivity contribution in [3.8, 4) is 0 Å². The lowest BCUT2D eigenvalue weighted by molar-refractivity contribution is 0.101. The summed E-state index contributed by atoms with van der Waals surface area (Å²) in [5, 5.41) is 3.18. The molecule has 0 saturated heterocycles. The second kappa shape index (κ2) is 4.91. The summed E-state index contributed by atoms with van der Waals surface area (Å²) in [4.78, 5) is 11.0. The first-order valence-corrected chi connectivity index (χ1v) is 4.90. The first kappa shape index (κ1) is 10.9. The van der Waals surface area contributed by atoms with Gasteiger partial charge >= 0.3 is 0 Å². The summed E-state index contributed by atoms with van der Waals surface area (Å²) in [5.74, 6) is 0.123. The van der Waals surface area contributed by atoms with E-state index in [0.29, 0.717) is 6.04 Å². The van der Waals surface area contributed by atoms with Gasteiger partial charge < -0.3 is 5.32 Å². The number of likely N-dealkylation sites (N-methyl/N-ethyl adjacent to an activating group) is 1. The number of nitrogens with one attached hydrogen (secondary N) is 1. The molecule has 1 rings (SSSR count). The molecule has 0 aliphatic heterocycles. The molecule has 1 N–H and O–H groups in total. The van der Waals surface area contributed by atoms with Crippen LogP contribution < -0.4 is 5.32 Å². The van der Waals surface area contributed by atoms with E-state index in [4.69, 9.17) is 0 Å². The minimum Gasteiger partial charge on any atom is -0.317 e. The Bertz CT molecular complexity index is 303. The van der Waals surface area contributed by atoms with Crippen molar-refractivity contribution < 1.29 is 4.79 Å². The van der Waals surface area contributed by atoms with Crippen molar-refractivity contribution >= 4 is 5.78 Å². The highest BCUT2D eigenvalue weighted by Gasteiger charge is 2.02. The van der Waals surface area contributed by atoms with Crippen molar-refractivity contribution in [2.24, 2.45) is 0 Å². The molecular formula is C12H17NO. The molecule has 0 bridgehead atoms. The van der Waals surface area contributed by atoms with E-state index in [9.17, 15) is 4.79 Å². The number of rotatable bonds is 4. The minimum absolute atomic E-state index is 0.123. The standard InChI is InChI=1S/C12H17NO/c1-9(13-3)8-11-4-6-12(7-5-11)10(2)14/h4-7,9,13H,8H2,1-3H3/t9-/m1/s1. The average Bonchev–Trinajstić information content (AvgIpc) is 2.18. The fraction of sp³-hybridized carbons (Fsp3) is 0.417. The molecule has 0 unspecified atom stereocenters. The topological polar surface area (TPSA) is 29.1 Å². The van der Waals surface area contributed by atoms with Gasteiger partial charge in [-0.1, -0.05) is 24.3 Å². The lowest BCUT2D eigenvalue weighted by Crippen LogP contribution is -2.23. The number of Topliss-reactive ketones (excluding diaryl/α,β-unsaturated/α-hetero) is 1. The zero-order chi connectivity index (χ0) is 10.6. The van der Waals surface area contributed by atoms with Gasteiger partial charge in [-0.2, -0.15) is 0 Å². The van der Waals surface area contributed by atoms with Crippen molar-refractivity contribution in [2.45, 2.75) is 26.3 Å². The largest absolute Gasteiger partial charge is 0.317 e. The lowest BCUT2D eigenvalue weighted by Gasteiger charge is -2.09. The zero-order valence-corrected chi connectivity index (χ0v) is 9.00. The summed E-state index contributed by atoms with van der Waals surface area (Å²) < 4.78 is 0. The normalized spacial score (nSPS) is 12.5. The molecule has 1 atom stereocenters. The van der Waals surface area contributed by atoms with Crippen molar-refractivity contribution in [1.29, 1.82) is 0 Å². The van der Waals surface area contributed by atoms with Crippen LogP contribution in [0.15, 0.2) is 24.3 Å². The van der Waals surface area contributed by atoms with Gasteiger partial charge in [-0.05, 0) is 32.9 Å². The summed E-state index contributed by atoms with van der Waals surface area (Å²) in [5.41, 5.74) is 2.04. The maximum atomic E-state index is 11.0. The van der Waals surface area contributed by atoms with Crippen LogP contribution in [0.4, 0.5) is 0 Å². The minimum atomic E-state index is 0.123. The molecule has 0 spiro atoms. The van der Waals surface area contributed by atoms with E-state index in [1.54, 1.807) is 6.92 Å². The smallest absolute Gasteiger partial charge is 0.159 e. The molecule has 0 fully saturated rings. The first-order valence-electron chi connectivity index (χ1n) is 4.90. The van der Waals surface area contributed by atoms with Gasteiger partial charge in [0.05, 0.1) is 0 Å². The van der Waals surface area contributed by atoms with Gasteiger partial charge in [-0.3, -0.25) is 4.79 Å². The number of hydrogen-bond acceptors (Lipinski definition) is 2. The third-order valence-electron chi connectivity index (χ3n) is 2.40. The molecule has 2 heteroatoms. The maximum absolute atomic E-state index is 11.0. The molecule has 76 valence electrons. The highest BCUT2D eigenvalue weighted by atomic mass is 16.1. The molecule has 0 heterocycles. The third kappa shape index (κ3) is 2.96. The molecule has 0 saturated carbocycles. The van der Waals surface area contributed by atoms with Crippen LogP contribution >= 0.6 is 0 Å². The van der Waals surface area contributed by atoms with E-state index in [2.05, 4.69) is 12.2 Å². The molecule has 2 nitrogen and oxygen atoms in total. The molecule has 1 aromatic rings. The van der Waals surface area contributed by atoms with Crippen LogP contribution in [0.3, 0.4) is 0 Å². The summed E-state index contributed by atoms with van der Waals surface area (Å²) in [6, 6.07) is 8.29. The fourth-order valence-electron chi connectivity index (χ4n) is 1.33. The second-order valence-electron chi connectivity index (χ2n) is 3.65. The van der Waals surface area contributed by atoms with Gasteiger partial charge in [0.2, 0.25) is 0 Å². The van der Waals surface area contributed by atoms with E-state index < -0.39 is 0 Å². The summed E-state index contributed by atoms with van der Waals surface area (Å²) >= 11 is 0. The van der Waals surface area contributed by atoms with E-state index in [1.165, 1.54) is 5.56 Å². The number of hydrogen-bond donors (Lipinski definition) is 1. The summed E-state index contributed by atoms with van der Waals surface area (Å²) in [7, 11) is 1.95. The van der Waals surface area contributed by atoms with E-state index in [0.717, 1.165) is 12.0 Å². The average molecular weight is 191 g/mol. The third-order valence-corrected chi connectivity index (χ3v) is 2.40. The predicted octanol–water partition coefficient (Wildman–Crippen LogP) is 2.04. The van der Waals surface area contributed by atoms with E-state index in [1.807, 2.05) is 31.3 Å². The SMILES string of the molecule is CN[C@H](C)Cc1ccc(C(C)=O)cc1. The van der Waals surface area contributed by atoms with Crippen LogP contribution in [-0.4, -0.2) is 18.9 Å². The summed E-state index contributed by atoms with van der Waals surface area (Å²) in [6.07, 6.45) is 0.995. The number of benzene rings is 1. The molecule has 0 aliphatic rings. The lowest BCUT2D eigenvalue weighted by atomic mass is 10.0. The van der Waals surface area contributed by atoms with Crippen LogP contribution in [0.1, 0.15) is 29.8 Å². The van der Waals surface area contributed by atoms with Gasteiger partial charge in [0, 0.05) is 11.6 Å². The molecule has 0 aromatic heterocycles. The molecular weight excluding hydrogens is 174 g/mol. The molecule has 0 radical (unpaired) electrons. The van der Waals surface area contributed by atoms with Gasteiger partial charge in [0.25, 0.3) is 0 Å². The number of carbonyl (C=O) groups is 1. The molecule has 1 aromatic carbocycles. The highest BCUT2D eigenvalue weighted by Crippen LogP contribution is 2.07. The van der Waals surface area contributed by atoms with Crippen LogP contribution in [0.2, 0.25) is 0 Å². The Balaban J connectivity index is 2.68. The quantitative estimate of drug-likeness (QED) is 0.738. The highest BCUT2D eigenvalue weighted by molar-refractivity contribution is 5.93. The fourth-order valence-corrected chi connectivity index (χ4v) is 1.33. The Morgan fingerprint density at radius 3 is 2.36 bits per heavy atom. The van der Waals surface area contributed by atoms with Gasteiger partial charge in [-0.15, -0.1) is 0 Å². The van der Waals surface area contributed by atoms with Crippen molar-refractivity contribution in [3.63, 3.8) is 0 Å². The number of ketones is 1. The Labute approximate surface area is 85.3 Å². The zero-order valence-electron chi connectivity index (χ0n) is 9.00. The second-order valence-corrected chi connectivity index (χ2v) is 3.65. The monoisotopic (exact) mass is 191 g/mol. The van der Waals surface area contributed by atoms with E-state index >= 15 is 0 Å². The Morgan fingerprint density at radius 1 is 1.36 bits per heavy atom. The molecule has 0 amide bonds. The first-order chi connectivity index (χ1) is 6.63. The van der Waals surface area contributed by atoms with Crippen LogP contribution in [0, 0.1) is 0 Å². The molecule has 0 aliphatic carbocycles. The van der Waals surface area contributed by atoms with Crippen molar-refractivity contribution in [2.75, 3.05) is 7.05 Å². The van der Waals surface area contributed by atoms with Crippen LogP contribution in [-0.2, 0) is 6.42 Å². The Morgan fingerprint density at radius 2 is 1.93 bits per heavy atom. The Kier molecular flexibility index (Phi) is 3.84. The molecule has 14 heavy (non-hydrogen) atoms. The van der Waals surface area contributed by atoms with Gasteiger partial charge in [0.15, 0.2) is 5.78 Å². The van der Waals surface area contributed by atoms with Gasteiger partial charge in [0.1, 0.15) is 0 Å². The van der Waals surface area contributed by atoms with Crippen molar-refractivity contribution in [3.05, 3.63) is 35.4 Å². The summed E-state index contributed by atoms with van der Waals surface area (Å²) in [6.45, 7) is 3.73. The maximum Gasteiger partial charge on any atom is 0.159 e. The van der Waals surface area contributed by atoms with Crippen LogP contribution in [0.25, 0.3) is 0 Å². The Hall–Kier alpha value is -1.15. The van der Waals surface area contributed by atoms with E-state index in [-0.39, 0.29) is 5.78 Å². The van der Waals surface area contributed by atoms with Crippen LogP contribution in [0.5, 0.6) is 0 Å². The van der Waals surface area contributed by atoms with Gasteiger partial charge in [-0.25, -0.2) is 0 Å². The van der Waals surface area contributed by atoms with Crippen molar-refractivity contribution in [1.82, 2.24) is 5.32 Å². The number of carbonyl (C=O) groups excluding carboxylic acids is 1.